The molecule has 1 aliphatic carbocycles. The van der Waals surface area contributed by atoms with Gasteiger partial charge in [-0.15, -0.1) is 5.10 Å². The molecule has 1 unspecified atom stereocenters. The van der Waals surface area contributed by atoms with Gasteiger partial charge >= 0.3 is 0 Å². The molecule has 1 aromatic carbocycles. The Morgan fingerprint density at radius 1 is 1.48 bits per heavy atom. The zero-order valence-electron chi connectivity index (χ0n) is 12.1. The van der Waals surface area contributed by atoms with Crippen molar-refractivity contribution in [1.29, 1.82) is 0 Å². The summed E-state index contributed by atoms with van der Waals surface area (Å²) >= 11 is 5.20. The van der Waals surface area contributed by atoms with Gasteiger partial charge in [0.1, 0.15) is 0 Å². The molecule has 0 bridgehead atoms. The normalized spacial score (nSPS) is 16.1. The van der Waals surface area contributed by atoms with Crippen LogP contribution in [0.3, 0.4) is 0 Å². The smallest absolute Gasteiger partial charge is 0.214 e. The molecule has 1 aromatic heterocycles. The maximum atomic E-state index is 4.18. The van der Waals surface area contributed by atoms with E-state index in [0.29, 0.717) is 12.1 Å². The maximum Gasteiger partial charge on any atom is 0.214 e. The molecule has 21 heavy (non-hydrogen) atoms. The Bertz CT molecular complexity index is 626. The third-order valence-corrected chi connectivity index (χ3v) is 5.03. The standard InChI is InChI=1S/C14H18BrN5S/c1-3-16-9(2)12-7-4-10(15)8-13(12)21-14-17-18-19-20(14)11-5-6-11/h4,7-9,11,16H,3,5-6H2,1-2H3. The molecule has 5 nitrogen and oxygen atoms in total. The maximum absolute atomic E-state index is 4.18. The molecule has 0 amide bonds. The Hall–Kier alpha value is -0.920. The third-order valence-electron chi connectivity index (χ3n) is 3.51. The number of nitrogens with zero attached hydrogens (tertiary/aromatic N) is 4. The molecule has 0 spiro atoms. The first-order valence-electron chi connectivity index (χ1n) is 7.17. The molecule has 3 rings (SSSR count). The van der Waals surface area contributed by atoms with Crippen LogP contribution in [0.1, 0.15) is 44.3 Å². The van der Waals surface area contributed by atoms with Crippen LogP contribution >= 0.6 is 27.7 Å². The van der Waals surface area contributed by atoms with E-state index in [-0.39, 0.29) is 0 Å². The van der Waals surface area contributed by atoms with Crippen molar-refractivity contribution in [2.75, 3.05) is 6.54 Å². The van der Waals surface area contributed by atoms with Crippen molar-refractivity contribution < 1.29 is 0 Å². The number of hydrogen-bond donors (Lipinski definition) is 1. The highest BCUT2D eigenvalue weighted by atomic mass is 79.9. The fourth-order valence-corrected chi connectivity index (χ4v) is 3.88. The molecule has 112 valence electrons. The Morgan fingerprint density at radius 3 is 3.00 bits per heavy atom. The molecule has 0 saturated heterocycles. The van der Waals surface area contributed by atoms with Gasteiger partial charge in [0.25, 0.3) is 0 Å². The van der Waals surface area contributed by atoms with E-state index in [2.05, 4.69) is 68.8 Å². The number of nitrogens with one attached hydrogen (secondary N) is 1. The number of hydrogen-bond acceptors (Lipinski definition) is 5. The van der Waals surface area contributed by atoms with Crippen LogP contribution in [0.5, 0.6) is 0 Å². The minimum absolute atomic E-state index is 0.302. The predicted octanol–water partition coefficient (Wildman–Crippen LogP) is 3.59. The summed E-state index contributed by atoms with van der Waals surface area (Å²) in [6, 6.07) is 7.17. The van der Waals surface area contributed by atoms with Gasteiger partial charge in [0.15, 0.2) is 0 Å². The van der Waals surface area contributed by atoms with Crippen LogP contribution in [-0.2, 0) is 0 Å². The minimum Gasteiger partial charge on any atom is -0.310 e. The molecule has 1 N–H and O–H groups in total. The van der Waals surface area contributed by atoms with Gasteiger partial charge in [0.2, 0.25) is 5.16 Å². The number of halogens is 1. The van der Waals surface area contributed by atoms with Gasteiger partial charge in [-0.1, -0.05) is 28.9 Å². The summed E-state index contributed by atoms with van der Waals surface area (Å²) in [6.07, 6.45) is 2.36. The zero-order chi connectivity index (χ0) is 14.8. The first-order valence-corrected chi connectivity index (χ1v) is 8.78. The lowest BCUT2D eigenvalue weighted by atomic mass is 10.1. The highest BCUT2D eigenvalue weighted by Crippen LogP contribution is 2.40. The van der Waals surface area contributed by atoms with Crippen LogP contribution in [0.15, 0.2) is 32.7 Å². The summed E-state index contributed by atoms with van der Waals surface area (Å²) in [5, 5.41) is 16.5. The van der Waals surface area contributed by atoms with Gasteiger partial charge in [-0.05, 0) is 66.2 Å². The largest absolute Gasteiger partial charge is 0.310 e. The van der Waals surface area contributed by atoms with E-state index in [1.54, 1.807) is 11.8 Å². The highest BCUT2D eigenvalue weighted by Gasteiger charge is 2.28. The summed E-state index contributed by atoms with van der Waals surface area (Å²) in [4.78, 5) is 1.19. The first-order chi connectivity index (χ1) is 10.2. The van der Waals surface area contributed by atoms with E-state index in [4.69, 9.17) is 0 Å². The van der Waals surface area contributed by atoms with Crippen molar-refractivity contribution in [1.82, 2.24) is 25.5 Å². The number of aromatic nitrogens is 4. The molecule has 1 atom stereocenters. The zero-order valence-corrected chi connectivity index (χ0v) is 14.5. The van der Waals surface area contributed by atoms with Crippen LogP contribution in [0, 0.1) is 0 Å². The number of rotatable bonds is 6. The molecule has 0 radical (unpaired) electrons. The molecule has 1 heterocycles. The molecule has 1 aliphatic rings. The number of benzene rings is 1. The van der Waals surface area contributed by atoms with E-state index in [0.717, 1.165) is 16.2 Å². The Balaban J connectivity index is 1.89. The molecule has 1 fully saturated rings. The summed E-state index contributed by atoms with van der Waals surface area (Å²) < 4.78 is 3.02. The van der Waals surface area contributed by atoms with Gasteiger partial charge in [-0.3, -0.25) is 0 Å². The molecule has 2 aromatic rings. The van der Waals surface area contributed by atoms with Gasteiger partial charge in [-0.25, -0.2) is 4.68 Å². The van der Waals surface area contributed by atoms with E-state index >= 15 is 0 Å². The van der Waals surface area contributed by atoms with Crippen molar-refractivity contribution in [3.63, 3.8) is 0 Å². The lowest BCUT2D eigenvalue weighted by Gasteiger charge is -2.17. The number of tetrazole rings is 1. The van der Waals surface area contributed by atoms with Crippen molar-refractivity contribution in [3.05, 3.63) is 28.2 Å². The van der Waals surface area contributed by atoms with Gasteiger partial charge in [-0.2, -0.15) is 0 Å². The second-order valence-electron chi connectivity index (χ2n) is 5.20. The SMILES string of the molecule is CCNC(C)c1ccc(Br)cc1Sc1nnnn1C1CC1. The van der Waals surface area contributed by atoms with Crippen LogP contribution < -0.4 is 5.32 Å². The van der Waals surface area contributed by atoms with E-state index in [1.807, 2.05) is 4.68 Å². The van der Waals surface area contributed by atoms with Crippen molar-refractivity contribution in [2.45, 2.75) is 48.8 Å². The summed E-state index contributed by atoms with van der Waals surface area (Å²) in [5.74, 6) is 0. The van der Waals surface area contributed by atoms with Crippen molar-refractivity contribution in [3.8, 4) is 0 Å². The highest BCUT2D eigenvalue weighted by molar-refractivity contribution is 9.10. The quantitative estimate of drug-likeness (QED) is 0.845. The average Bonchev–Trinajstić information content (AvgIpc) is 3.20. The topological polar surface area (TPSA) is 55.6 Å². The first kappa shape index (κ1) is 15.0. The van der Waals surface area contributed by atoms with E-state index < -0.39 is 0 Å². The molecule has 1 saturated carbocycles. The molecule has 7 heteroatoms. The molecule has 0 aliphatic heterocycles. The Kier molecular flexibility index (Phi) is 4.61. The van der Waals surface area contributed by atoms with E-state index in [1.165, 1.54) is 23.3 Å². The average molecular weight is 368 g/mol. The summed E-state index contributed by atoms with van der Waals surface area (Å²) in [7, 11) is 0. The fraction of sp³-hybridized carbons (Fsp3) is 0.500. The second kappa shape index (κ2) is 6.46. The van der Waals surface area contributed by atoms with Crippen molar-refractivity contribution in [2.24, 2.45) is 0 Å². The second-order valence-corrected chi connectivity index (χ2v) is 7.13. The third kappa shape index (κ3) is 3.46. The van der Waals surface area contributed by atoms with Crippen LogP contribution in [0.2, 0.25) is 0 Å². The fourth-order valence-electron chi connectivity index (χ4n) is 2.27. The van der Waals surface area contributed by atoms with Crippen LogP contribution in [0.4, 0.5) is 0 Å². The monoisotopic (exact) mass is 367 g/mol. The van der Waals surface area contributed by atoms with Crippen molar-refractivity contribution >= 4 is 27.7 Å². The summed E-state index contributed by atoms with van der Waals surface area (Å²) in [5.41, 5.74) is 1.27. The molecular formula is C14H18BrN5S. The summed E-state index contributed by atoms with van der Waals surface area (Å²) in [6.45, 7) is 5.25. The minimum atomic E-state index is 0.302. The lowest BCUT2D eigenvalue weighted by Crippen LogP contribution is -2.18. The van der Waals surface area contributed by atoms with Crippen LogP contribution in [0.25, 0.3) is 0 Å². The van der Waals surface area contributed by atoms with Gasteiger partial charge < -0.3 is 5.32 Å². The predicted molar refractivity (Wildman–Crippen MR) is 86.4 cm³/mol. The molecular weight excluding hydrogens is 350 g/mol. The lowest BCUT2D eigenvalue weighted by molar-refractivity contribution is 0.564. The van der Waals surface area contributed by atoms with Gasteiger partial charge in [0, 0.05) is 15.4 Å². The van der Waals surface area contributed by atoms with E-state index in [9.17, 15) is 0 Å². The van der Waals surface area contributed by atoms with Crippen LogP contribution in [-0.4, -0.2) is 26.8 Å². The van der Waals surface area contributed by atoms with Gasteiger partial charge in [0.05, 0.1) is 6.04 Å². The Morgan fingerprint density at radius 2 is 2.29 bits per heavy atom. The Labute approximate surface area is 137 Å².